The van der Waals surface area contributed by atoms with Gasteiger partial charge in [-0.05, 0) is 26.2 Å². The minimum atomic E-state index is -0.260. The second-order valence-electron chi connectivity index (χ2n) is 5.12. The van der Waals surface area contributed by atoms with Crippen LogP contribution in [0.5, 0.6) is 0 Å². The van der Waals surface area contributed by atoms with Crippen molar-refractivity contribution in [1.82, 2.24) is 5.32 Å². The lowest BCUT2D eigenvalue weighted by molar-refractivity contribution is -0.127. The van der Waals surface area contributed by atoms with Crippen molar-refractivity contribution in [2.75, 3.05) is 0 Å². The van der Waals surface area contributed by atoms with Gasteiger partial charge in [0.1, 0.15) is 0 Å². The topological polar surface area (TPSA) is 98.2 Å². The van der Waals surface area contributed by atoms with Crippen molar-refractivity contribution in [2.45, 2.75) is 51.6 Å². The van der Waals surface area contributed by atoms with Gasteiger partial charge < -0.3 is 16.8 Å². The van der Waals surface area contributed by atoms with E-state index in [0.29, 0.717) is 6.42 Å². The van der Waals surface area contributed by atoms with Crippen LogP contribution in [0.4, 0.5) is 0 Å². The molecule has 1 aliphatic carbocycles. The van der Waals surface area contributed by atoms with Crippen molar-refractivity contribution in [2.24, 2.45) is 23.3 Å². The number of amides is 2. The Morgan fingerprint density at radius 1 is 1.28 bits per heavy atom. The predicted molar refractivity (Wildman–Crippen MR) is 73.1 cm³/mol. The molecule has 6 heteroatoms. The molecule has 5 nitrogen and oxygen atoms in total. The van der Waals surface area contributed by atoms with E-state index in [1.54, 1.807) is 0 Å². The van der Waals surface area contributed by atoms with Crippen molar-refractivity contribution in [1.29, 1.82) is 0 Å². The number of carbonyl (C=O) groups is 2. The second kappa shape index (κ2) is 7.59. The van der Waals surface area contributed by atoms with Crippen molar-refractivity contribution in [3.63, 3.8) is 0 Å². The zero-order chi connectivity index (χ0) is 13.0. The van der Waals surface area contributed by atoms with E-state index in [9.17, 15) is 9.59 Å². The van der Waals surface area contributed by atoms with Crippen molar-refractivity contribution >= 4 is 24.2 Å². The van der Waals surface area contributed by atoms with E-state index < -0.39 is 0 Å². The third kappa shape index (κ3) is 4.82. The Morgan fingerprint density at radius 2 is 1.89 bits per heavy atom. The van der Waals surface area contributed by atoms with E-state index in [0.717, 1.165) is 19.3 Å². The maximum absolute atomic E-state index is 11.8. The van der Waals surface area contributed by atoms with Crippen LogP contribution in [0.3, 0.4) is 0 Å². The molecular weight excluding hydrogens is 254 g/mol. The molecule has 106 valence electrons. The fourth-order valence-electron chi connectivity index (χ4n) is 2.15. The molecule has 4 atom stereocenters. The summed E-state index contributed by atoms with van der Waals surface area (Å²) in [6.07, 6.45) is 3.35. The van der Waals surface area contributed by atoms with Gasteiger partial charge in [0.25, 0.3) is 0 Å². The lowest BCUT2D eigenvalue weighted by Crippen LogP contribution is -2.46. The van der Waals surface area contributed by atoms with E-state index >= 15 is 0 Å². The van der Waals surface area contributed by atoms with E-state index in [-0.39, 0.29) is 48.1 Å². The summed E-state index contributed by atoms with van der Waals surface area (Å²) in [6.45, 7) is 3.63. The van der Waals surface area contributed by atoms with E-state index in [4.69, 9.17) is 11.5 Å². The largest absolute Gasteiger partial charge is 0.369 e. The van der Waals surface area contributed by atoms with Gasteiger partial charge >= 0.3 is 0 Å². The number of rotatable bonds is 4. The lowest BCUT2D eigenvalue weighted by atomic mass is 9.85. The van der Waals surface area contributed by atoms with Gasteiger partial charge in [0.2, 0.25) is 11.8 Å². The van der Waals surface area contributed by atoms with Crippen LogP contribution in [0.25, 0.3) is 0 Å². The third-order valence-electron chi connectivity index (χ3n) is 3.63. The monoisotopic (exact) mass is 277 g/mol. The summed E-state index contributed by atoms with van der Waals surface area (Å²) in [5.74, 6) is -0.595. The molecule has 0 spiro atoms. The summed E-state index contributed by atoms with van der Waals surface area (Å²) in [7, 11) is 0. The minimum absolute atomic E-state index is 0. The van der Waals surface area contributed by atoms with Gasteiger partial charge in [-0.15, -0.1) is 12.4 Å². The van der Waals surface area contributed by atoms with Gasteiger partial charge in [-0.3, -0.25) is 9.59 Å². The average Bonchev–Trinajstić information content (AvgIpc) is 2.28. The molecule has 0 aromatic heterocycles. The highest BCUT2D eigenvalue weighted by atomic mass is 35.5. The van der Waals surface area contributed by atoms with Crippen LogP contribution in [0.2, 0.25) is 0 Å². The first-order valence-corrected chi connectivity index (χ1v) is 6.27. The molecule has 0 bridgehead atoms. The van der Waals surface area contributed by atoms with Crippen LogP contribution in [0.1, 0.15) is 39.5 Å². The average molecular weight is 278 g/mol. The van der Waals surface area contributed by atoms with Gasteiger partial charge in [0.15, 0.2) is 0 Å². The molecule has 0 radical (unpaired) electrons. The van der Waals surface area contributed by atoms with E-state index in [1.165, 1.54) is 0 Å². The number of nitrogens with one attached hydrogen (secondary N) is 1. The molecule has 4 unspecified atom stereocenters. The van der Waals surface area contributed by atoms with Crippen LogP contribution < -0.4 is 16.8 Å². The van der Waals surface area contributed by atoms with Crippen molar-refractivity contribution in [3.8, 4) is 0 Å². The van der Waals surface area contributed by atoms with Gasteiger partial charge in [-0.2, -0.15) is 0 Å². The molecule has 0 aliphatic heterocycles. The second-order valence-corrected chi connectivity index (χ2v) is 5.12. The van der Waals surface area contributed by atoms with Gasteiger partial charge in [0, 0.05) is 23.9 Å². The first kappa shape index (κ1) is 17.2. The van der Waals surface area contributed by atoms with Crippen molar-refractivity contribution in [3.05, 3.63) is 0 Å². The maximum atomic E-state index is 11.8. The number of halogens is 1. The Bertz CT molecular complexity index is 297. The number of hydrogen-bond donors (Lipinski definition) is 3. The highest BCUT2D eigenvalue weighted by Crippen LogP contribution is 2.24. The molecule has 1 aliphatic rings. The summed E-state index contributed by atoms with van der Waals surface area (Å²) >= 11 is 0. The van der Waals surface area contributed by atoms with Crippen LogP contribution in [-0.2, 0) is 9.59 Å². The molecular formula is C12H24ClN3O2. The molecule has 0 heterocycles. The fourth-order valence-corrected chi connectivity index (χ4v) is 2.15. The molecule has 1 saturated carbocycles. The first-order valence-electron chi connectivity index (χ1n) is 6.27. The molecule has 1 fully saturated rings. The number of primary amides is 1. The number of hydrogen-bond acceptors (Lipinski definition) is 3. The summed E-state index contributed by atoms with van der Waals surface area (Å²) in [6, 6.07) is -0.0968. The lowest BCUT2D eigenvalue weighted by Gasteiger charge is -2.29. The third-order valence-corrected chi connectivity index (χ3v) is 3.63. The quantitative estimate of drug-likeness (QED) is 0.700. The Labute approximate surface area is 114 Å². The minimum Gasteiger partial charge on any atom is -0.369 e. The number of nitrogens with two attached hydrogens (primary N) is 2. The fraction of sp³-hybridized carbons (Fsp3) is 0.833. The van der Waals surface area contributed by atoms with Crippen molar-refractivity contribution < 1.29 is 9.59 Å². The SMILES string of the molecule is CC(N)C(C)C(=O)NC1CCCC(C(N)=O)C1.Cl. The number of carbonyl (C=O) groups excluding carboxylic acids is 2. The predicted octanol–water partition coefficient (Wildman–Crippen LogP) is 0.552. The summed E-state index contributed by atoms with van der Waals surface area (Å²) < 4.78 is 0. The Balaban J connectivity index is 0.00000289. The van der Waals surface area contributed by atoms with Gasteiger partial charge in [-0.1, -0.05) is 13.3 Å². The molecule has 2 amide bonds. The van der Waals surface area contributed by atoms with Crippen LogP contribution in [0.15, 0.2) is 0 Å². The van der Waals surface area contributed by atoms with Crippen LogP contribution in [-0.4, -0.2) is 23.9 Å². The smallest absolute Gasteiger partial charge is 0.224 e. The van der Waals surface area contributed by atoms with Gasteiger partial charge in [-0.25, -0.2) is 0 Å². The van der Waals surface area contributed by atoms with Crippen LogP contribution >= 0.6 is 12.4 Å². The standard InChI is InChI=1S/C12H23N3O2.ClH/c1-7(8(2)13)12(17)15-10-5-3-4-9(6-10)11(14)16;/h7-10H,3-6,13H2,1-2H3,(H2,14,16)(H,15,17);1H. The Morgan fingerprint density at radius 3 is 2.39 bits per heavy atom. The molecule has 1 rings (SSSR count). The first-order chi connectivity index (χ1) is 7.91. The summed E-state index contributed by atoms with van der Waals surface area (Å²) in [5.41, 5.74) is 11.0. The summed E-state index contributed by atoms with van der Waals surface area (Å²) in [5, 5.41) is 2.96. The normalized spacial score (nSPS) is 26.6. The highest BCUT2D eigenvalue weighted by molar-refractivity contribution is 5.85. The summed E-state index contributed by atoms with van der Waals surface area (Å²) in [4.78, 5) is 22.9. The molecule has 0 aromatic rings. The highest BCUT2D eigenvalue weighted by Gasteiger charge is 2.28. The van der Waals surface area contributed by atoms with E-state index in [1.807, 2.05) is 13.8 Å². The Hall–Kier alpha value is -0.810. The van der Waals surface area contributed by atoms with Crippen LogP contribution in [0, 0.1) is 11.8 Å². The zero-order valence-corrected chi connectivity index (χ0v) is 11.8. The molecule has 5 N–H and O–H groups in total. The van der Waals surface area contributed by atoms with Gasteiger partial charge in [0.05, 0.1) is 0 Å². The molecule has 0 aromatic carbocycles. The molecule has 0 saturated heterocycles. The Kier molecular flexibility index (Phi) is 7.25. The zero-order valence-electron chi connectivity index (χ0n) is 11.0. The maximum Gasteiger partial charge on any atom is 0.224 e. The molecule has 18 heavy (non-hydrogen) atoms. The van der Waals surface area contributed by atoms with E-state index in [2.05, 4.69) is 5.32 Å².